The Morgan fingerprint density at radius 2 is 1.52 bits per heavy atom. The van der Waals surface area contributed by atoms with Gasteiger partial charge in [0, 0.05) is 37.7 Å². The molecule has 33 heavy (non-hydrogen) atoms. The predicted octanol–water partition coefficient (Wildman–Crippen LogP) is 3.87. The van der Waals surface area contributed by atoms with Crippen molar-refractivity contribution in [1.29, 1.82) is 0 Å². The minimum absolute atomic E-state index is 0.0967. The first kappa shape index (κ1) is 25.5. The summed E-state index contributed by atoms with van der Waals surface area (Å²) in [6.45, 7) is 4.07. The van der Waals surface area contributed by atoms with Gasteiger partial charge in [-0.3, -0.25) is 4.90 Å². The van der Waals surface area contributed by atoms with Crippen molar-refractivity contribution in [3.63, 3.8) is 0 Å². The molecule has 2 atom stereocenters. The molecule has 0 spiro atoms. The lowest BCUT2D eigenvalue weighted by atomic mass is 10.0. The van der Waals surface area contributed by atoms with Gasteiger partial charge in [0.15, 0.2) is 0 Å². The van der Waals surface area contributed by atoms with Crippen molar-refractivity contribution in [2.75, 3.05) is 26.2 Å². The highest BCUT2D eigenvalue weighted by atomic mass is 35.5. The first-order valence-corrected chi connectivity index (χ1v) is 12.2. The molecular formula is C22H24ClF3N2O4S. The zero-order chi connectivity index (χ0) is 24.2. The molecule has 11 heteroatoms. The molecule has 0 amide bonds. The van der Waals surface area contributed by atoms with Crippen molar-refractivity contribution in [1.82, 2.24) is 9.21 Å². The highest BCUT2D eigenvalue weighted by Crippen LogP contribution is 2.34. The number of aliphatic carboxylic acids is 1. The van der Waals surface area contributed by atoms with Gasteiger partial charge in [-0.1, -0.05) is 54.1 Å². The van der Waals surface area contributed by atoms with Crippen molar-refractivity contribution >= 4 is 27.6 Å². The summed E-state index contributed by atoms with van der Waals surface area (Å²) in [5, 5.41) is 7.89. The van der Waals surface area contributed by atoms with Gasteiger partial charge in [-0.2, -0.15) is 13.2 Å². The largest absolute Gasteiger partial charge is 0.490 e. The summed E-state index contributed by atoms with van der Waals surface area (Å²) in [6, 6.07) is 17.4. The first-order valence-electron chi connectivity index (χ1n) is 10.2. The minimum atomic E-state index is -5.08. The van der Waals surface area contributed by atoms with Gasteiger partial charge < -0.3 is 5.11 Å². The smallest absolute Gasteiger partial charge is 0.475 e. The lowest BCUT2D eigenvalue weighted by molar-refractivity contribution is -0.192. The van der Waals surface area contributed by atoms with Crippen molar-refractivity contribution < 1.29 is 31.5 Å². The molecule has 2 saturated heterocycles. The average Bonchev–Trinajstić information content (AvgIpc) is 3.27. The number of carbonyl (C=O) groups is 1. The molecular weight excluding hydrogens is 481 g/mol. The standard InChI is InChI=1S/C20H23ClN2O2S.C2HF3O2/c21-20-8-4-7-17(9-20)10-22-11-18-13-23(14-19(18)12-22)26(24,25)15-16-5-2-1-3-6-16;3-2(4,5)1(6)7/h1-9,18-19H,10-15H2;(H,6,7). The Kier molecular flexibility index (Phi) is 8.04. The Morgan fingerprint density at radius 1 is 0.970 bits per heavy atom. The van der Waals surface area contributed by atoms with Crippen LogP contribution < -0.4 is 0 Å². The zero-order valence-electron chi connectivity index (χ0n) is 17.6. The number of alkyl halides is 3. The van der Waals surface area contributed by atoms with Crippen LogP contribution >= 0.6 is 11.6 Å². The van der Waals surface area contributed by atoms with E-state index in [-0.39, 0.29) is 5.75 Å². The van der Waals surface area contributed by atoms with Crippen molar-refractivity contribution in [3.8, 4) is 0 Å². The van der Waals surface area contributed by atoms with Crippen LogP contribution in [0.1, 0.15) is 11.1 Å². The van der Waals surface area contributed by atoms with E-state index in [2.05, 4.69) is 11.0 Å². The quantitative estimate of drug-likeness (QED) is 0.669. The van der Waals surface area contributed by atoms with E-state index in [0.29, 0.717) is 24.9 Å². The number of hydrogen-bond acceptors (Lipinski definition) is 4. The number of carboxylic acid groups (broad SMARTS) is 1. The summed E-state index contributed by atoms with van der Waals surface area (Å²) in [4.78, 5) is 11.3. The van der Waals surface area contributed by atoms with Gasteiger partial charge in [-0.25, -0.2) is 17.5 Å². The van der Waals surface area contributed by atoms with Gasteiger partial charge in [-0.05, 0) is 35.1 Å². The number of rotatable bonds is 5. The maximum absolute atomic E-state index is 12.7. The Labute approximate surface area is 195 Å². The molecule has 0 aromatic heterocycles. The van der Waals surface area contributed by atoms with E-state index in [9.17, 15) is 21.6 Å². The number of fused-ring (bicyclic) bond motifs is 1. The molecule has 0 bridgehead atoms. The summed E-state index contributed by atoms with van der Waals surface area (Å²) in [5.74, 6) is -1.80. The number of sulfonamides is 1. The van der Waals surface area contributed by atoms with Crippen LogP contribution in [0.2, 0.25) is 5.02 Å². The fourth-order valence-electron chi connectivity index (χ4n) is 4.17. The normalized spacial score (nSPS) is 21.3. The SMILES string of the molecule is O=C(O)C(F)(F)F.O=S(=O)(Cc1ccccc1)N1CC2CN(Cc3cccc(Cl)c3)CC2C1. The molecule has 2 heterocycles. The molecule has 2 aliphatic rings. The van der Waals surface area contributed by atoms with E-state index in [0.717, 1.165) is 30.2 Å². The third-order valence-corrected chi connectivity index (χ3v) is 7.67. The van der Waals surface area contributed by atoms with Crippen LogP contribution in [-0.4, -0.2) is 61.1 Å². The minimum Gasteiger partial charge on any atom is -0.475 e. The van der Waals surface area contributed by atoms with Crippen LogP contribution in [0.3, 0.4) is 0 Å². The van der Waals surface area contributed by atoms with E-state index >= 15 is 0 Å². The van der Waals surface area contributed by atoms with E-state index in [1.54, 1.807) is 4.31 Å². The first-order chi connectivity index (χ1) is 15.4. The van der Waals surface area contributed by atoms with E-state index in [4.69, 9.17) is 21.5 Å². The Morgan fingerprint density at radius 3 is 2.03 bits per heavy atom. The maximum atomic E-state index is 12.7. The van der Waals surface area contributed by atoms with Crippen LogP contribution in [0.5, 0.6) is 0 Å². The van der Waals surface area contributed by atoms with E-state index in [1.165, 1.54) is 5.56 Å². The van der Waals surface area contributed by atoms with Gasteiger partial charge in [0.05, 0.1) is 5.75 Å². The third-order valence-electron chi connectivity index (χ3n) is 5.65. The summed E-state index contributed by atoms with van der Waals surface area (Å²) in [5.41, 5.74) is 2.07. The Bertz CT molecular complexity index is 1050. The summed E-state index contributed by atoms with van der Waals surface area (Å²) >= 11 is 6.07. The molecule has 6 nitrogen and oxygen atoms in total. The van der Waals surface area contributed by atoms with Crippen LogP contribution in [-0.2, 0) is 27.1 Å². The second-order valence-corrected chi connectivity index (χ2v) is 10.6. The maximum Gasteiger partial charge on any atom is 0.490 e. The van der Waals surface area contributed by atoms with Gasteiger partial charge in [0.2, 0.25) is 10.0 Å². The number of halogens is 4. The van der Waals surface area contributed by atoms with E-state index < -0.39 is 22.2 Å². The van der Waals surface area contributed by atoms with Crippen LogP contribution in [0.15, 0.2) is 54.6 Å². The molecule has 1 N–H and O–H groups in total. The van der Waals surface area contributed by atoms with Crippen LogP contribution in [0.4, 0.5) is 13.2 Å². The monoisotopic (exact) mass is 504 g/mol. The molecule has 2 aromatic carbocycles. The van der Waals surface area contributed by atoms with Gasteiger partial charge in [0.25, 0.3) is 0 Å². The van der Waals surface area contributed by atoms with Crippen molar-refractivity contribution in [3.05, 3.63) is 70.7 Å². The molecule has 0 saturated carbocycles. The van der Waals surface area contributed by atoms with Gasteiger partial charge in [0.1, 0.15) is 0 Å². The number of likely N-dealkylation sites (tertiary alicyclic amines) is 1. The molecule has 2 aliphatic heterocycles. The molecule has 4 rings (SSSR count). The summed E-state index contributed by atoms with van der Waals surface area (Å²) in [7, 11) is -3.24. The zero-order valence-corrected chi connectivity index (χ0v) is 19.2. The fourth-order valence-corrected chi connectivity index (χ4v) is 6.02. The highest BCUT2D eigenvalue weighted by Gasteiger charge is 2.43. The highest BCUT2D eigenvalue weighted by molar-refractivity contribution is 7.88. The fraction of sp³-hybridized carbons (Fsp3) is 0.409. The lowest BCUT2D eigenvalue weighted by Gasteiger charge is -2.21. The second-order valence-electron chi connectivity index (χ2n) is 8.21. The Hall–Kier alpha value is -2.14. The number of carboxylic acids is 1. The van der Waals surface area contributed by atoms with E-state index in [1.807, 2.05) is 48.5 Å². The molecule has 0 aliphatic carbocycles. The van der Waals surface area contributed by atoms with Crippen molar-refractivity contribution in [2.45, 2.75) is 18.5 Å². The predicted molar refractivity (Wildman–Crippen MR) is 118 cm³/mol. The average molecular weight is 505 g/mol. The topological polar surface area (TPSA) is 77.9 Å². The second kappa shape index (κ2) is 10.4. The lowest BCUT2D eigenvalue weighted by Crippen LogP contribution is -2.34. The number of nitrogens with zero attached hydrogens (tertiary/aromatic N) is 2. The molecule has 2 aromatic rings. The molecule has 0 radical (unpaired) electrons. The number of benzene rings is 2. The molecule has 180 valence electrons. The number of hydrogen-bond donors (Lipinski definition) is 1. The molecule has 2 fully saturated rings. The van der Waals surface area contributed by atoms with Gasteiger partial charge >= 0.3 is 12.1 Å². The summed E-state index contributed by atoms with van der Waals surface area (Å²) in [6.07, 6.45) is -5.08. The Balaban J connectivity index is 0.000000383. The van der Waals surface area contributed by atoms with Gasteiger partial charge in [-0.15, -0.1) is 0 Å². The van der Waals surface area contributed by atoms with Crippen LogP contribution in [0, 0.1) is 11.8 Å². The van der Waals surface area contributed by atoms with Crippen LogP contribution in [0.25, 0.3) is 0 Å². The van der Waals surface area contributed by atoms with Crippen molar-refractivity contribution in [2.24, 2.45) is 11.8 Å². The molecule has 2 unspecified atom stereocenters. The third kappa shape index (κ3) is 7.17. The summed E-state index contributed by atoms with van der Waals surface area (Å²) < 4.78 is 58.9.